The zero-order valence-electron chi connectivity index (χ0n) is 7.26. The smallest absolute Gasteiger partial charge is 0.112 e. The van der Waals surface area contributed by atoms with E-state index in [1.807, 2.05) is 18.5 Å². The molecule has 3 heteroatoms. The predicted molar refractivity (Wildman–Crippen MR) is 50.2 cm³/mol. The van der Waals surface area contributed by atoms with Crippen molar-refractivity contribution >= 4 is 11.6 Å². The Morgan fingerprint density at radius 3 is 2.92 bits per heavy atom. The Morgan fingerprint density at radius 1 is 1.67 bits per heavy atom. The molecule has 1 aromatic heterocycles. The fourth-order valence-corrected chi connectivity index (χ4v) is 0.913. The fourth-order valence-electron chi connectivity index (χ4n) is 0.819. The van der Waals surface area contributed by atoms with Crippen molar-refractivity contribution in [3.8, 4) is 11.8 Å². The van der Waals surface area contributed by atoms with E-state index in [0.29, 0.717) is 5.88 Å². The molecular formula is C9H11ClN2. The SMILES string of the molecule is Cc1ncc(C#CCCCl)n1C. The summed E-state index contributed by atoms with van der Waals surface area (Å²) in [6, 6.07) is 0. The molecule has 64 valence electrons. The molecule has 12 heavy (non-hydrogen) atoms. The van der Waals surface area contributed by atoms with E-state index in [1.165, 1.54) is 0 Å². The van der Waals surface area contributed by atoms with Crippen LogP contribution in [0.25, 0.3) is 0 Å². The van der Waals surface area contributed by atoms with Crippen molar-refractivity contribution in [1.29, 1.82) is 0 Å². The van der Waals surface area contributed by atoms with Crippen molar-refractivity contribution in [3.05, 3.63) is 17.7 Å². The number of nitrogens with zero attached hydrogens (tertiary/aromatic N) is 2. The highest BCUT2D eigenvalue weighted by molar-refractivity contribution is 6.18. The van der Waals surface area contributed by atoms with Crippen LogP contribution >= 0.6 is 11.6 Å². The third-order valence-electron chi connectivity index (χ3n) is 1.66. The summed E-state index contributed by atoms with van der Waals surface area (Å²) >= 11 is 5.49. The second-order valence-electron chi connectivity index (χ2n) is 2.49. The molecule has 0 spiro atoms. The van der Waals surface area contributed by atoms with Crippen LogP contribution in [0.4, 0.5) is 0 Å². The fraction of sp³-hybridized carbons (Fsp3) is 0.444. The minimum Gasteiger partial charge on any atom is -0.325 e. The highest BCUT2D eigenvalue weighted by Crippen LogP contribution is 1.98. The number of imidazole rings is 1. The van der Waals surface area contributed by atoms with Gasteiger partial charge in [0.15, 0.2) is 0 Å². The lowest BCUT2D eigenvalue weighted by Gasteiger charge is -1.93. The van der Waals surface area contributed by atoms with E-state index in [2.05, 4.69) is 16.8 Å². The predicted octanol–water partition coefficient (Wildman–Crippen LogP) is 1.71. The maximum absolute atomic E-state index is 5.49. The molecule has 2 nitrogen and oxygen atoms in total. The first-order valence-corrected chi connectivity index (χ1v) is 4.32. The van der Waals surface area contributed by atoms with Gasteiger partial charge in [0.2, 0.25) is 0 Å². The van der Waals surface area contributed by atoms with Gasteiger partial charge in [0, 0.05) is 19.3 Å². The normalized spacial score (nSPS) is 9.25. The van der Waals surface area contributed by atoms with Crippen molar-refractivity contribution in [2.24, 2.45) is 7.05 Å². The van der Waals surface area contributed by atoms with Crippen LogP contribution in [0.2, 0.25) is 0 Å². The summed E-state index contributed by atoms with van der Waals surface area (Å²) in [6.07, 6.45) is 2.50. The molecule has 0 aromatic carbocycles. The van der Waals surface area contributed by atoms with E-state index < -0.39 is 0 Å². The van der Waals surface area contributed by atoms with Crippen molar-refractivity contribution in [2.75, 3.05) is 5.88 Å². The summed E-state index contributed by atoms with van der Waals surface area (Å²) in [5.41, 5.74) is 0.942. The molecule has 0 saturated heterocycles. The molecule has 0 amide bonds. The van der Waals surface area contributed by atoms with Gasteiger partial charge in [-0.1, -0.05) is 5.92 Å². The summed E-state index contributed by atoms with van der Waals surface area (Å²) in [7, 11) is 1.95. The van der Waals surface area contributed by atoms with Crippen LogP contribution in [0, 0.1) is 18.8 Å². The minimum absolute atomic E-state index is 0.587. The Hall–Kier alpha value is -0.940. The first-order valence-electron chi connectivity index (χ1n) is 3.79. The second kappa shape index (κ2) is 4.18. The van der Waals surface area contributed by atoms with Crippen LogP contribution in [-0.2, 0) is 7.05 Å². The number of hydrogen-bond acceptors (Lipinski definition) is 1. The molecule has 0 atom stereocenters. The van der Waals surface area contributed by atoms with Crippen LogP contribution in [0.1, 0.15) is 17.9 Å². The van der Waals surface area contributed by atoms with Crippen molar-refractivity contribution in [1.82, 2.24) is 9.55 Å². The molecule has 0 aliphatic carbocycles. The molecule has 0 aliphatic heterocycles. The van der Waals surface area contributed by atoms with Crippen LogP contribution in [-0.4, -0.2) is 15.4 Å². The lowest BCUT2D eigenvalue weighted by Crippen LogP contribution is -1.93. The highest BCUT2D eigenvalue weighted by atomic mass is 35.5. The first-order chi connectivity index (χ1) is 5.75. The van der Waals surface area contributed by atoms with Crippen LogP contribution in [0.15, 0.2) is 6.20 Å². The van der Waals surface area contributed by atoms with Crippen molar-refractivity contribution in [2.45, 2.75) is 13.3 Å². The van der Waals surface area contributed by atoms with E-state index in [1.54, 1.807) is 6.20 Å². The van der Waals surface area contributed by atoms with Crippen LogP contribution in [0.3, 0.4) is 0 Å². The largest absolute Gasteiger partial charge is 0.325 e. The van der Waals surface area contributed by atoms with Crippen LogP contribution < -0.4 is 0 Å². The van der Waals surface area contributed by atoms with Gasteiger partial charge in [0.25, 0.3) is 0 Å². The molecule has 0 saturated carbocycles. The van der Waals surface area contributed by atoms with Gasteiger partial charge < -0.3 is 4.57 Å². The molecule has 0 unspecified atom stereocenters. The lowest BCUT2D eigenvalue weighted by atomic mass is 10.4. The van der Waals surface area contributed by atoms with E-state index in [4.69, 9.17) is 11.6 Å². The van der Waals surface area contributed by atoms with Crippen LogP contribution in [0.5, 0.6) is 0 Å². The first kappa shape index (κ1) is 9.15. The van der Waals surface area contributed by atoms with E-state index in [9.17, 15) is 0 Å². The molecule has 1 rings (SSSR count). The van der Waals surface area contributed by atoms with Gasteiger partial charge in [-0.15, -0.1) is 11.6 Å². The van der Waals surface area contributed by atoms with Gasteiger partial charge in [0.05, 0.1) is 6.20 Å². The van der Waals surface area contributed by atoms with Gasteiger partial charge in [-0.3, -0.25) is 0 Å². The topological polar surface area (TPSA) is 17.8 Å². The van der Waals surface area contributed by atoms with Crippen molar-refractivity contribution in [3.63, 3.8) is 0 Å². The molecule has 1 heterocycles. The van der Waals surface area contributed by atoms with Gasteiger partial charge in [0.1, 0.15) is 11.5 Å². The van der Waals surface area contributed by atoms with Gasteiger partial charge >= 0.3 is 0 Å². The van der Waals surface area contributed by atoms with Gasteiger partial charge in [-0.25, -0.2) is 4.98 Å². The lowest BCUT2D eigenvalue weighted by molar-refractivity contribution is 0.847. The molecule has 0 fully saturated rings. The summed E-state index contributed by atoms with van der Waals surface area (Å²) in [5, 5.41) is 0. The summed E-state index contributed by atoms with van der Waals surface area (Å²) in [5.74, 6) is 7.53. The monoisotopic (exact) mass is 182 g/mol. The van der Waals surface area contributed by atoms with E-state index in [-0.39, 0.29) is 0 Å². The third-order valence-corrected chi connectivity index (χ3v) is 1.85. The highest BCUT2D eigenvalue weighted by Gasteiger charge is 1.96. The summed E-state index contributed by atoms with van der Waals surface area (Å²) in [6.45, 7) is 1.95. The molecule has 0 aliphatic rings. The second-order valence-corrected chi connectivity index (χ2v) is 2.87. The third kappa shape index (κ3) is 2.02. The summed E-state index contributed by atoms with van der Waals surface area (Å²) in [4.78, 5) is 4.12. The zero-order chi connectivity index (χ0) is 8.97. The Balaban J connectivity index is 2.78. The number of rotatable bonds is 1. The Bertz CT molecular complexity index is 317. The average Bonchev–Trinajstić information content (AvgIpc) is 2.36. The number of aryl methyl sites for hydroxylation is 1. The van der Waals surface area contributed by atoms with Crippen molar-refractivity contribution < 1.29 is 0 Å². The van der Waals surface area contributed by atoms with E-state index >= 15 is 0 Å². The number of alkyl halides is 1. The Labute approximate surface area is 77.6 Å². The Morgan fingerprint density at radius 2 is 2.42 bits per heavy atom. The summed E-state index contributed by atoms with van der Waals surface area (Å²) < 4.78 is 1.96. The maximum Gasteiger partial charge on any atom is 0.112 e. The molecular weight excluding hydrogens is 172 g/mol. The number of aromatic nitrogens is 2. The average molecular weight is 183 g/mol. The number of hydrogen-bond donors (Lipinski definition) is 0. The standard InChI is InChI=1S/C9H11ClN2/c1-8-11-7-9(12(8)2)5-3-4-6-10/h7H,4,6H2,1-2H3. The van der Waals surface area contributed by atoms with Gasteiger partial charge in [-0.2, -0.15) is 0 Å². The Kier molecular flexibility index (Phi) is 3.19. The molecule has 0 N–H and O–H groups in total. The zero-order valence-corrected chi connectivity index (χ0v) is 8.02. The molecule has 1 aromatic rings. The molecule has 0 radical (unpaired) electrons. The minimum atomic E-state index is 0.587. The van der Waals surface area contributed by atoms with E-state index in [0.717, 1.165) is 17.9 Å². The van der Waals surface area contributed by atoms with Gasteiger partial charge in [-0.05, 0) is 12.8 Å². The number of halogens is 1. The maximum atomic E-state index is 5.49. The molecule has 0 bridgehead atoms. The quantitative estimate of drug-likeness (QED) is 0.478.